The van der Waals surface area contributed by atoms with Gasteiger partial charge < -0.3 is 15.7 Å². The summed E-state index contributed by atoms with van der Waals surface area (Å²) >= 11 is 0. The topological polar surface area (TPSA) is 61.4 Å². The van der Waals surface area contributed by atoms with Crippen LogP contribution in [0.5, 0.6) is 0 Å². The number of hydrogen-bond donors (Lipinski definition) is 3. The highest BCUT2D eigenvalue weighted by molar-refractivity contribution is 5.78. The lowest BCUT2D eigenvalue weighted by atomic mass is 9.74. The predicted molar refractivity (Wildman–Crippen MR) is 78.0 cm³/mol. The van der Waals surface area contributed by atoms with Crippen LogP contribution in [0.15, 0.2) is 0 Å². The van der Waals surface area contributed by atoms with Crippen molar-refractivity contribution in [1.82, 2.24) is 10.6 Å². The zero-order valence-corrected chi connectivity index (χ0v) is 12.5. The number of rotatable bonds is 8. The van der Waals surface area contributed by atoms with Crippen molar-refractivity contribution in [2.75, 3.05) is 19.7 Å². The highest BCUT2D eigenvalue weighted by Crippen LogP contribution is 2.35. The standard InChI is InChI=1S/C15H30N2O2/c1-3-7-13(2)17-14(19)10-16-11-15(12-18)8-5-4-6-9-15/h13,16,18H,3-12H2,1-2H3,(H,17,19). The lowest BCUT2D eigenvalue weighted by molar-refractivity contribution is -0.121. The number of hydrogen-bond acceptors (Lipinski definition) is 3. The Balaban J connectivity index is 2.22. The molecule has 0 bridgehead atoms. The summed E-state index contributed by atoms with van der Waals surface area (Å²) in [6.07, 6.45) is 7.92. The van der Waals surface area contributed by atoms with E-state index >= 15 is 0 Å². The van der Waals surface area contributed by atoms with Crippen LogP contribution in [0.4, 0.5) is 0 Å². The fourth-order valence-corrected chi connectivity index (χ4v) is 2.96. The Morgan fingerprint density at radius 3 is 2.58 bits per heavy atom. The van der Waals surface area contributed by atoms with E-state index < -0.39 is 0 Å². The predicted octanol–water partition coefficient (Wildman–Crippen LogP) is 1.82. The Morgan fingerprint density at radius 2 is 2.00 bits per heavy atom. The molecule has 0 aromatic carbocycles. The Bertz CT molecular complexity index is 263. The van der Waals surface area contributed by atoms with Crippen molar-refractivity contribution < 1.29 is 9.90 Å². The molecule has 1 fully saturated rings. The fraction of sp³-hybridized carbons (Fsp3) is 0.933. The van der Waals surface area contributed by atoms with Gasteiger partial charge in [-0.1, -0.05) is 32.6 Å². The molecule has 1 unspecified atom stereocenters. The largest absolute Gasteiger partial charge is 0.396 e. The van der Waals surface area contributed by atoms with Crippen LogP contribution in [0, 0.1) is 5.41 Å². The van der Waals surface area contributed by atoms with Gasteiger partial charge in [0.05, 0.1) is 6.54 Å². The quantitative estimate of drug-likeness (QED) is 0.630. The first-order valence-corrected chi connectivity index (χ1v) is 7.73. The molecule has 0 heterocycles. The summed E-state index contributed by atoms with van der Waals surface area (Å²) in [4.78, 5) is 11.7. The molecular formula is C15H30N2O2. The van der Waals surface area contributed by atoms with Crippen LogP contribution in [-0.4, -0.2) is 36.8 Å². The van der Waals surface area contributed by atoms with Gasteiger partial charge in [0.25, 0.3) is 0 Å². The molecule has 1 aliphatic rings. The molecule has 0 aromatic rings. The molecule has 0 saturated heterocycles. The summed E-state index contributed by atoms with van der Waals surface area (Å²) in [5.41, 5.74) is 0.00750. The van der Waals surface area contributed by atoms with Crippen LogP contribution in [-0.2, 0) is 4.79 Å². The normalized spacial score (nSPS) is 19.9. The number of aliphatic hydroxyl groups excluding tert-OH is 1. The van der Waals surface area contributed by atoms with Gasteiger partial charge in [-0.05, 0) is 26.2 Å². The van der Waals surface area contributed by atoms with Crippen molar-refractivity contribution in [2.45, 2.75) is 64.8 Å². The zero-order chi connectivity index (χ0) is 14.1. The van der Waals surface area contributed by atoms with Gasteiger partial charge in [-0.15, -0.1) is 0 Å². The average Bonchev–Trinajstić information content (AvgIpc) is 2.40. The molecule has 1 rings (SSSR count). The molecule has 112 valence electrons. The van der Waals surface area contributed by atoms with Gasteiger partial charge in [0.2, 0.25) is 5.91 Å². The SMILES string of the molecule is CCCC(C)NC(=O)CNCC1(CO)CCCCC1. The van der Waals surface area contributed by atoms with Crippen molar-refractivity contribution >= 4 is 5.91 Å². The van der Waals surface area contributed by atoms with E-state index in [1.54, 1.807) is 0 Å². The lowest BCUT2D eigenvalue weighted by Gasteiger charge is -2.35. The third kappa shape index (κ3) is 5.91. The van der Waals surface area contributed by atoms with Crippen LogP contribution in [0.25, 0.3) is 0 Å². The lowest BCUT2D eigenvalue weighted by Crippen LogP contribution is -2.44. The fourth-order valence-electron chi connectivity index (χ4n) is 2.96. The van der Waals surface area contributed by atoms with E-state index in [-0.39, 0.29) is 24.0 Å². The minimum atomic E-state index is 0.00750. The second-order valence-electron chi connectivity index (χ2n) is 6.08. The second kappa shape index (κ2) is 8.54. The minimum Gasteiger partial charge on any atom is -0.396 e. The molecule has 0 radical (unpaired) electrons. The Labute approximate surface area is 117 Å². The maximum atomic E-state index is 11.7. The van der Waals surface area contributed by atoms with E-state index in [0.717, 1.165) is 32.2 Å². The number of nitrogens with one attached hydrogen (secondary N) is 2. The minimum absolute atomic E-state index is 0.00750. The Hall–Kier alpha value is -0.610. The maximum Gasteiger partial charge on any atom is 0.234 e. The first-order chi connectivity index (χ1) is 9.12. The van der Waals surface area contributed by atoms with Gasteiger partial charge in [-0.25, -0.2) is 0 Å². The van der Waals surface area contributed by atoms with Crippen LogP contribution < -0.4 is 10.6 Å². The summed E-state index contributed by atoms with van der Waals surface area (Å²) in [7, 11) is 0. The van der Waals surface area contributed by atoms with Crippen LogP contribution in [0.2, 0.25) is 0 Å². The molecule has 1 amide bonds. The molecule has 1 atom stereocenters. The molecule has 0 aliphatic heterocycles. The maximum absolute atomic E-state index is 11.7. The van der Waals surface area contributed by atoms with Gasteiger partial charge in [0.15, 0.2) is 0 Å². The highest BCUT2D eigenvalue weighted by Gasteiger charge is 2.30. The highest BCUT2D eigenvalue weighted by atomic mass is 16.3. The monoisotopic (exact) mass is 270 g/mol. The summed E-state index contributed by atoms with van der Waals surface area (Å²) < 4.78 is 0. The van der Waals surface area contributed by atoms with Crippen LogP contribution in [0.1, 0.15) is 58.8 Å². The third-order valence-electron chi connectivity index (χ3n) is 4.16. The molecule has 4 nitrogen and oxygen atoms in total. The average molecular weight is 270 g/mol. The summed E-state index contributed by atoms with van der Waals surface area (Å²) in [6.45, 7) is 5.50. The molecule has 0 aromatic heterocycles. The van der Waals surface area contributed by atoms with E-state index in [0.29, 0.717) is 6.54 Å². The molecule has 4 heteroatoms. The van der Waals surface area contributed by atoms with E-state index in [2.05, 4.69) is 17.6 Å². The summed E-state index contributed by atoms with van der Waals surface area (Å²) in [6, 6.07) is 0.251. The van der Waals surface area contributed by atoms with Gasteiger partial charge >= 0.3 is 0 Å². The second-order valence-corrected chi connectivity index (χ2v) is 6.08. The van der Waals surface area contributed by atoms with Gasteiger partial charge in [-0.2, -0.15) is 0 Å². The van der Waals surface area contributed by atoms with Crippen molar-refractivity contribution in [1.29, 1.82) is 0 Å². The number of amides is 1. The molecule has 19 heavy (non-hydrogen) atoms. The number of aliphatic hydroxyl groups is 1. The van der Waals surface area contributed by atoms with E-state index in [1.165, 1.54) is 19.3 Å². The summed E-state index contributed by atoms with van der Waals surface area (Å²) in [5.74, 6) is 0.0600. The van der Waals surface area contributed by atoms with Crippen molar-refractivity contribution in [2.24, 2.45) is 5.41 Å². The van der Waals surface area contributed by atoms with E-state index in [4.69, 9.17) is 0 Å². The van der Waals surface area contributed by atoms with Crippen molar-refractivity contribution in [3.05, 3.63) is 0 Å². The van der Waals surface area contributed by atoms with Crippen LogP contribution >= 0.6 is 0 Å². The Kier molecular flexibility index (Phi) is 7.39. The summed E-state index contributed by atoms with van der Waals surface area (Å²) in [5, 5.41) is 15.8. The molecule has 0 spiro atoms. The molecule has 3 N–H and O–H groups in total. The number of carbonyl (C=O) groups is 1. The van der Waals surface area contributed by atoms with Crippen molar-refractivity contribution in [3.63, 3.8) is 0 Å². The first-order valence-electron chi connectivity index (χ1n) is 7.73. The first kappa shape index (κ1) is 16.4. The van der Waals surface area contributed by atoms with E-state index in [1.807, 2.05) is 6.92 Å². The molecule has 1 aliphatic carbocycles. The number of carbonyl (C=O) groups excluding carboxylic acids is 1. The van der Waals surface area contributed by atoms with Crippen LogP contribution in [0.3, 0.4) is 0 Å². The molecule has 1 saturated carbocycles. The smallest absolute Gasteiger partial charge is 0.234 e. The molecular weight excluding hydrogens is 240 g/mol. The van der Waals surface area contributed by atoms with Gasteiger partial charge in [0, 0.05) is 24.6 Å². The van der Waals surface area contributed by atoms with Crippen molar-refractivity contribution in [3.8, 4) is 0 Å². The zero-order valence-electron chi connectivity index (χ0n) is 12.5. The van der Waals surface area contributed by atoms with E-state index in [9.17, 15) is 9.90 Å². The van der Waals surface area contributed by atoms with Gasteiger partial charge in [0.1, 0.15) is 0 Å². The Morgan fingerprint density at radius 1 is 1.32 bits per heavy atom. The van der Waals surface area contributed by atoms with Gasteiger partial charge in [-0.3, -0.25) is 4.79 Å². The third-order valence-corrected chi connectivity index (χ3v) is 4.16.